The van der Waals surface area contributed by atoms with E-state index in [9.17, 15) is 29.2 Å². The number of amides is 5. The molecule has 1 saturated carbocycles. The number of hydrogen-bond acceptors (Lipinski definition) is 11. The summed E-state index contributed by atoms with van der Waals surface area (Å²) >= 11 is 0. The lowest BCUT2D eigenvalue weighted by Gasteiger charge is -2.63. The molecule has 14 nitrogen and oxygen atoms in total. The third-order valence-electron chi connectivity index (χ3n) is 12.8. The third-order valence-corrected chi connectivity index (χ3v) is 12.8. The van der Waals surface area contributed by atoms with E-state index in [1.807, 2.05) is 37.3 Å². The van der Waals surface area contributed by atoms with Crippen molar-refractivity contribution in [3.8, 4) is 11.8 Å². The summed E-state index contributed by atoms with van der Waals surface area (Å²) in [5.74, 6) is -0.324. The fourth-order valence-corrected chi connectivity index (χ4v) is 10.1. The minimum atomic E-state index is -0.972. The van der Waals surface area contributed by atoms with Crippen molar-refractivity contribution in [1.82, 2.24) is 30.6 Å². The quantitative estimate of drug-likeness (QED) is 0.299. The number of anilines is 1. The van der Waals surface area contributed by atoms with E-state index < -0.39 is 29.7 Å². The normalized spacial score (nSPS) is 24.0. The first-order chi connectivity index (χ1) is 27.2. The number of piperidine rings is 2. The van der Waals surface area contributed by atoms with Gasteiger partial charge in [-0.3, -0.25) is 39.1 Å². The fraction of sp³-hybridized carbons (Fsp3) is 0.488. The summed E-state index contributed by atoms with van der Waals surface area (Å²) in [6, 6.07) is 13.9. The number of aromatic nitrogens is 2. The molecule has 2 saturated heterocycles. The zero-order valence-corrected chi connectivity index (χ0v) is 33.1. The molecule has 3 fully saturated rings. The van der Waals surface area contributed by atoms with Crippen molar-refractivity contribution in [3.63, 3.8) is 0 Å². The van der Waals surface area contributed by atoms with Crippen LogP contribution in [-0.4, -0.2) is 87.4 Å². The number of hydrogen-bond donors (Lipinski definition) is 2. The number of nitrogens with one attached hydrogen (secondary N) is 2. The molecule has 1 aromatic heterocycles. The molecule has 1 unspecified atom stereocenters. The molecule has 296 valence electrons. The Morgan fingerprint density at radius 3 is 2.18 bits per heavy atom. The Morgan fingerprint density at radius 1 is 0.930 bits per heavy atom. The summed E-state index contributed by atoms with van der Waals surface area (Å²) in [6.45, 7) is 14.2. The van der Waals surface area contributed by atoms with Crippen LogP contribution in [0.3, 0.4) is 0 Å². The molecule has 3 aromatic rings. The summed E-state index contributed by atoms with van der Waals surface area (Å²) in [7, 11) is 0. The average molecular weight is 773 g/mol. The monoisotopic (exact) mass is 772 g/mol. The maximum Gasteiger partial charge on any atom is 0.272 e. The Balaban J connectivity index is 0.822. The first-order valence-electron chi connectivity index (χ1n) is 19.9. The lowest BCUT2D eigenvalue weighted by Crippen LogP contribution is -2.74. The highest BCUT2D eigenvalue weighted by molar-refractivity contribution is 6.23. The minimum absolute atomic E-state index is 0.0897. The Kier molecular flexibility index (Phi) is 9.63. The van der Waals surface area contributed by atoms with Crippen LogP contribution in [0.2, 0.25) is 0 Å². The van der Waals surface area contributed by atoms with Gasteiger partial charge in [-0.2, -0.15) is 5.26 Å². The predicted octanol–water partition coefficient (Wildman–Crippen LogP) is 4.16. The number of carbonyl (C=O) groups is 5. The van der Waals surface area contributed by atoms with Gasteiger partial charge in [0.05, 0.1) is 22.8 Å². The summed E-state index contributed by atoms with van der Waals surface area (Å²) in [6.07, 6.45) is 2.72. The lowest BCUT2D eigenvalue weighted by atomic mass is 9.49. The molecule has 4 aliphatic heterocycles. The standard InChI is InChI=1S/C43H48N8O6/c1-6-25-17-29(8-7-26(25)20-44)57-41-42(2,3)40(43(41,4)5)46-36(53)32-9-11-34(48-47-32)50-15-13-24(14-16-50)21-49-22-27-18-30-31(19-28(27)23-49)39(56)51(38(30)55)33-10-12-35(52)45-37(33)54/h7-9,11,17-19,24,33,40-41H,6,10,12-16,21-23H2,1-5H3,(H,46,53)(H,45,52,54)/t33?,40-,41-. The van der Waals surface area contributed by atoms with Crippen LogP contribution in [0.1, 0.15) is 114 Å². The Labute approximate surface area is 331 Å². The van der Waals surface area contributed by atoms with Gasteiger partial charge in [-0.1, -0.05) is 34.6 Å². The molecule has 57 heavy (non-hydrogen) atoms. The first kappa shape index (κ1) is 38.2. The average Bonchev–Trinajstić information content (AvgIpc) is 3.70. The minimum Gasteiger partial charge on any atom is -0.489 e. The van der Waals surface area contributed by atoms with Crippen LogP contribution in [0.25, 0.3) is 0 Å². The van der Waals surface area contributed by atoms with E-state index >= 15 is 0 Å². The molecule has 2 N–H and O–H groups in total. The van der Waals surface area contributed by atoms with Crippen LogP contribution >= 0.6 is 0 Å². The van der Waals surface area contributed by atoms with E-state index in [-0.39, 0.29) is 47.4 Å². The highest BCUT2D eigenvalue weighted by atomic mass is 16.5. The number of rotatable bonds is 9. The SMILES string of the molecule is CCc1cc(O[C@H]2C(C)(C)[C@H](NC(=O)c3ccc(N4CCC(CN5Cc6cc7c(cc6C5)C(=O)N(C5CCC(=O)NC5=O)C7=O)CC4)nn3)C2(C)C)ccc1C#N. The molecule has 5 amide bonds. The van der Waals surface area contributed by atoms with Crippen molar-refractivity contribution in [2.75, 3.05) is 24.5 Å². The molecule has 0 radical (unpaired) electrons. The molecular formula is C43H48N8O6. The van der Waals surface area contributed by atoms with Crippen molar-refractivity contribution >= 4 is 35.4 Å². The maximum atomic E-state index is 13.4. The Morgan fingerprint density at radius 2 is 1.60 bits per heavy atom. The van der Waals surface area contributed by atoms with Crippen LogP contribution in [0.5, 0.6) is 5.75 Å². The van der Waals surface area contributed by atoms with Gasteiger partial charge in [0.2, 0.25) is 11.8 Å². The number of fused-ring (bicyclic) bond motifs is 2. The second-order valence-corrected chi connectivity index (χ2v) is 17.3. The van der Waals surface area contributed by atoms with Gasteiger partial charge in [-0.15, -0.1) is 10.2 Å². The second kappa shape index (κ2) is 14.4. The van der Waals surface area contributed by atoms with Crippen LogP contribution in [0.15, 0.2) is 42.5 Å². The topological polar surface area (TPSA) is 178 Å². The summed E-state index contributed by atoms with van der Waals surface area (Å²) in [5.41, 5.74) is 3.80. The van der Waals surface area contributed by atoms with Gasteiger partial charge < -0.3 is 15.0 Å². The van der Waals surface area contributed by atoms with Gasteiger partial charge in [-0.25, -0.2) is 0 Å². The van der Waals surface area contributed by atoms with Gasteiger partial charge in [0.25, 0.3) is 17.7 Å². The van der Waals surface area contributed by atoms with Crippen molar-refractivity contribution in [3.05, 3.63) is 81.5 Å². The number of nitrogens with zero attached hydrogens (tertiary/aromatic N) is 6. The predicted molar refractivity (Wildman–Crippen MR) is 208 cm³/mol. The highest BCUT2D eigenvalue weighted by Gasteiger charge is 2.64. The number of benzene rings is 2. The van der Waals surface area contributed by atoms with Crippen molar-refractivity contribution < 1.29 is 28.7 Å². The van der Waals surface area contributed by atoms with E-state index in [1.54, 1.807) is 12.1 Å². The van der Waals surface area contributed by atoms with E-state index in [0.717, 1.165) is 72.1 Å². The molecule has 1 aliphatic carbocycles. The number of imide groups is 2. The van der Waals surface area contributed by atoms with Crippen molar-refractivity contribution in [2.24, 2.45) is 16.7 Å². The second-order valence-electron chi connectivity index (χ2n) is 17.3. The van der Waals surface area contributed by atoms with Gasteiger partial charge in [0.1, 0.15) is 17.9 Å². The highest BCUT2D eigenvalue weighted by Crippen LogP contribution is 2.55. The van der Waals surface area contributed by atoms with Gasteiger partial charge >= 0.3 is 0 Å². The maximum absolute atomic E-state index is 13.4. The van der Waals surface area contributed by atoms with Crippen LogP contribution in [0, 0.1) is 28.1 Å². The summed E-state index contributed by atoms with van der Waals surface area (Å²) < 4.78 is 6.49. The number of aryl methyl sites for hydroxylation is 1. The van der Waals surface area contributed by atoms with E-state index in [1.165, 1.54) is 0 Å². The van der Waals surface area contributed by atoms with Crippen molar-refractivity contribution in [2.45, 2.75) is 98.0 Å². The lowest BCUT2D eigenvalue weighted by molar-refractivity contribution is -0.164. The molecule has 0 bridgehead atoms. The van der Waals surface area contributed by atoms with Gasteiger partial charge in [0.15, 0.2) is 11.5 Å². The third kappa shape index (κ3) is 6.71. The number of carbonyl (C=O) groups excluding carboxylic acids is 5. The number of ether oxygens (including phenoxy) is 1. The van der Waals surface area contributed by atoms with E-state index in [2.05, 4.69) is 64.4 Å². The first-order valence-corrected chi connectivity index (χ1v) is 19.9. The summed E-state index contributed by atoms with van der Waals surface area (Å²) in [4.78, 5) is 69.7. The molecule has 0 spiro atoms. The van der Waals surface area contributed by atoms with E-state index in [4.69, 9.17) is 4.74 Å². The summed E-state index contributed by atoms with van der Waals surface area (Å²) in [5, 5.41) is 23.6. The molecule has 1 atom stereocenters. The molecule has 2 aromatic carbocycles. The molecule has 14 heteroatoms. The molecule has 8 rings (SSSR count). The van der Waals surface area contributed by atoms with Crippen molar-refractivity contribution in [1.29, 1.82) is 5.26 Å². The molecular weight excluding hydrogens is 725 g/mol. The van der Waals surface area contributed by atoms with Crippen LogP contribution in [-0.2, 0) is 29.1 Å². The Hall–Kier alpha value is -5.68. The largest absolute Gasteiger partial charge is 0.489 e. The smallest absolute Gasteiger partial charge is 0.272 e. The molecule has 5 aliphatic rings. The zero-order chi connectivity index (χ0) is 40.4. The van der Waals surface area contributed by atoms with Crippen LogP contribution < -0.4 is 20.3 Å². The van der Waals surface area contributed by atoms with E-state index in [0.29, 0.717) is 35.7 Å². The Bertz CT molecular complexity index is 2160. The van der Waals surface area contributed by atoms with Gasteiger partial charge in [-0.05, 0) is 90.8 Å². The van der Waals surface area contributed by atoms with Gasteiger partial charge in [0, 0.05) is 56.0 Å². The molecule has 5 heterocycles. The fourth-order valence-electron chi connectivity index (χ4n) is 10.1. The number of nitriles is 1. The zero-order valence-electron chi connectivity index (χ0n) is 33.1. The van der Waals surface area contributed by atoms with Crippen LogP contribution in [0.4, 0.5) is 5.82 Å².